The van der Waals surface area contributed by atoms with Crippen molar-refractivity contribution in [2.75, 3.05) is 19.6 Å². The van der Waals surface area contributed by atoms with Crippen LogP contribution < -0.4 is 5.73 Å². The Labute approximate surface area is 120 Å². The van der Waals surface area contributed by atoms with E-state index in [9.17, 15) is 8.78 Å². The Morgan fingerprint density at radius 2 is 1.90 bits per heavy atom. The van der Waals surface area contributed by atoms with Gasteiger partial charge in [-0.1, -0.05) is 26.0 Å². The molecule has 1 aromatic carbocycles. The maximum atomic E-state index is 13.9. The lowest BCUT2D eigenvalue weighted by atomic mass is 9.86. The third-order valence-corrected chi connectivity index (χ3v) is 4.52. The second kappa shape index (κ2) is 6.64. The molecule has 1 fully saturated rings. The first-order chi connectivity index (χ1) is 9.54. The van der Waals surface area contributed by atoms with Crippen LogP contribution in [0.4, 0.5) is 8.78 Å². The quantitative estimate of drug-likeness (QED) is 0.918. The van der Waals surface area contributed by atoms with E-state index in [1.54, 1.807) is 12.1 Å². The Kier molecular flexibility index (Phi) is 5.11. The highest BCUT2D eigenvalue weighted by Gasteiger charge is 2.28. The molecule has 112 valence electrons. The molecule has 0 spiro atoms. The topological polar surface area (TPSA) is 29.3 Å². The lowest BCUT2D eigenvalue weighted by molar-refractivity contribution is 0.115. The van der Waals surface area contributed by atoms with Crippen LogP contribution >= 0.6 is 0 Å². The van der Waals surface area contributed by atoms with Crippen molar-refractivity contribution in [2.24, 2.45) is 17.6 Å². The van der Waals surface area contributed by atoms with E-state index in [1.807, 2.05) is 0 Å². The molecular formula is C16H24F2N2. The lowest BCUT2D eigenvalue weighted by Crippen LogP contribution is -2.41. The van der Waals surface area contributed by atoms with Crippen LogP contribution in [0.2, 0.25) is 0 Å². The molecule has 1 aliphatic rings. The average Bonchev–Trinajstić information content (AvgIpc) is 2.45. The number of nitrogens with zero attached hydrogens (tertiary/aromatic N) is 1. The molecule has 2 rings (SSSR count). The summed E-state index contributed by atoms with van der Waals surface area (Å²) < 4.78 is 27.3. The highest BCUT2D eigenvalue weighted by Crippen LogP contribution is 2.31. The van der Waals surface area contributed by atoms with Gasteiger partial charge in [-0.05, 0) is 43.8 Å². The van der Waals surface area contributed by atoms with Gasteiger partial charge in [-0.3, -0.25) is 4.90 Å². The maximum Gasteiger partial charge on any atom is 0.163 e. The minimum absolute atomic E-state index is 0.223. The molecule has 2 N–H and O–H groups in total. The van der Waals surface area contributed by atoms with E-state index < -0.39 is 11.6 Å². The highest BCUT2D eigenvalue weighted by atomic mass is 19.2. The summed E-state index contributed by atoms with van der Waals surface area (Å²) in [5.74, 6) is -0.145. The molecule has 1 heterocycles. The van der Waals surface area contributed by atoms with Gasteiger partial charge in [0, 0.05) is 12.1 Å². The summed E-state index contributed by atoms with van der Waals surface area (Å²) in [4.78, 5) is 2.19. The third-order valence-electron chi connectivity index (χ3n) is 4.52. The fraction of sp³-hybridized carbons (Fsp3) is 0.625. The van der Waals surface area contributed by atoms with Crippen LogP contribution in [0, 0.1) is 23.5 Å². The van der Waals surface area contributed by atoms with Gasteiger partial charge in [0.15, 0.2) is 11.6 Å². The van der Waals surface area contributed by atoms with Crippen molar-refractivity contribution < 1.29 is 8.78 Å². The normalized spacial score (nSPS) is 19.5. The first-order valence-corrected chi connectivity index (χ1v) is 7.42. The van der Waals surface area contributed by atoms with E-state index >= 15 is 0 Å². The second-order valence-corrected chi connectivity index (χ2v) is 6.01. The maximum absolute atomic E-state index is 13.9. The van der Waals surface area contributed by atoms with Gasteiger partial charge in [0.2, 0.25) is 0 Å². The van der Waals surface area contributed by atoms with Crippen molar-refractivity contribution in [3.63, 3.8) is 0 Å². The predicted octanol–water partition coefficient (Wildman–Crippen LogP) is 3.33. The van der Waals surface area contributed by atoms with Gasteiger partial charge >= 0.3 is 0 Å². The van der Waals surface area contributed by atoms with E-state index in [-0.39, 0.29) is 6.04 Å². The molecule has 0 amide bonds. The van der Waals surface area contributed by atoms with Crippen LogP contribution in [0.1, 0.15) is 38.3 Å². The molecule has 1 atom stereocenters. The fourth-order valence-electron chi connectivity index (χ4n) is 3.15. The van der Waals surface area contributed by atoms with E-state index in [0.29, 0.717) is 18.0 Å². The van der Waals surface area contributed by atoms with Crippen molar-refractivity contribution in [3.8, 4) is 0 Å². The summed E-state index contributed by atoms with van der Waals surface area (Å²) in [5.41, 5.74) is 6.20. The molecule has 1 aromatic rings. The molecule has 20 heavy (non-hydrogen) atoms. The van der Waals surface area contributed by atoms with Crippen LogP contribution in [-0.2, 0) is 0 Å². The van der Waals surface area contributed by atoms with Gasteiger partial charge in [0.1, 0.15) is 0 Å². The molecule has 4 heteroatoms. The molecular weight excluding hydrogens is 258 g/mol. The van der Waals surface area contributed by atoms with Gasteiger partial charge in [-0.2, -0.15) is 0 Å². The average molecular weight is 282 g/mol. The number of hydrogen-bond acceptors (Lipinski definition) is 2. The predicted molar refractivity (Wildman–Crippen MR) is 77.3 cm³/mol. The van der Waals surface area contributed by atoms with Crippen molar-refractivity contribution >= 4 is 0 Å². The van der Waals surface area contributed by atoms with E-state index in [0.717, 1.165) is 37.9 Å². The SMILES string of the molecule is CC(C)C1CCN(C(CN)c2cccc(F)c2F)CC1. The number of piperidine rings is 1. The van der Waals surface area contributed by atoms with Gasteiger partial charge < -0.3 is 5.73 Å². The molecule has 1 aliphatic heterocycles. The number of rotatable bonds is 4. The highest BCUT2D eigenvalue weighted by molar-refractivity contribution is 5.23. The summed E-state index contributed by atoms with van der Waals surface area (Å²) >= 11 is 0. The minimum Gasteiger partial charge on any atom is -0.329 e. The van der Waals surface area contributed by atoms with Crippen LogP contribution in [0.15, 0.2) is 18.2 Å². The van der Waals surface area contributed by atoms with Crippen LogP contribution in [0.3, 0.4) is 0 Å². The van der Waals surface area contributed by atoms with E-state index in [4.69, 9.17) is 5.73 Å². The Balaban J connectivity index is 2.12. The van der Waals surface area contributed by atoms with Gasteiger partial charge in [0.05, 0.1) is 6.04 Å². The molecule has 0 aliphatic carbocycles. The standard InChI is InChI=1S/C16H24F2N2/c1-11(2)12-6-8-20(9-7-12)15(10-19)13-4-3-5-14(17)16(13)18/h3-5,11-12,15H,6-10,19H2,1-2H3. The summed E-state index contributed by atoms with van der Waals surface area (Å²) in [6.45, 7) is 6.61. The second-order valence-electron chi connectivity index (χ2n) is 6.01. The van der Waals surface area contributed by atoms with Crippen molar-refractivity contribution in [1.82, 2.24) is 4.90 Å². The monoisotopic (exact) mass is 282 g/mol. The van der Waals surface area contributed by atoms with Gasteiger partial charge in [-0.25, -0.2) is 8.78 Å². The van der Waals surface area contributed by atoms with Gasteiger partial charge in [0.25, 0.3) is 0 Å². The third kappa shape index (κ3) is 3.18. The summed E-state index contributed by atoms with van der Waals surface area (Å²) in [6, 6.07) is 4.12. The summed E-state index contributed by atoms with van der Waals surface area (Å²) in [5, 5.41) is 0. The molecule has 0 bridgehead atoms. The molecule has 2 nitrogen and oxygen atoms in total. The number of nitrogens with two attached hydrogens (primary N) is 1. The molecule has 1 saturated heterocycles. The van der Waals surface area contributed by atoms with Crippen LogP contribution in [0.25, 0.3) is 0 Å². The smallest absolute Gasteiger partial charge is 0.163 e. The zero-order chi connectivity index (χ0) is 14.7. The lowest BCUT2D eigenvalue weighted by Gasteiger charge is -2.38. The van der Waals surface area contributed by atoms with Crippen molar-refractivity contribution in [1.29, 1.82) is 0 Å². The number of halogens is 2. The first-order valence-electron chi connectivity index (χ1n) is 7.42. The van der Waals surface area contributed by atoms with Crippen molar-refractivity contribution in [3.05, 3.63) is 35.4 Å². The Morgan fingerprint density at radius 3 is 2.45 bits per heavy atom. The van der Waals surface area contributed by atoms with E-state index in [1.165, 1.54) is 0 Å². The molecule has 0 saturated carbocycles. The Hall–Kier alpha value is -1.00. The number of likely N-dealkylation sites (tertiary alicyclic amines) is 1. The Bertz CT molecular complexity index is 440. The molecule has 0 radical (unpaired) electrons. The summed E-state index contributed by atoms with van der Waals surface area (Å²) in [7, 11) is 0. The molecule has 1 unspecified atom stereocenters. The van der Waals surface area contributed by atoms with E-state index in [2.05, 4.69) is 18.7 Å². The van der Waals surface area contributed by atoms with Crippen LogP contribution in [0.5, 0.6) is 0 Å². The van der Waals surface area contributed by atoms with Gasteiger partial charge in [-0.15, -0.1) is 0 Å². The Morgan fingerprint density at radius 1 is 1.25 bits per heavy atom. The van der Waals surface area contributed by atoms with Crippen LogP contribution in [-0.4, -0.2) is 24.5 Å². The number of benzene rings is 1. The number of hydrogen-bond donors (Lipinski definition) is 1. The first kappa shape index (κ1) is 15.4. The molecule has 0 aromatic heterocycles. The zero-order valence-corrected chi connectivity index (χ0v) is 12.3. The zero-order valence-electron chi connectivity index (χ0n) is 12.3. The minimum atomic E-state index is -0.794. The fourth-order valence-corrected chi connectivity index (χ4v) is 3.15. The van der Waals surface area contributed by atoms with Crippen molar-refractivity contribution in [2.45, 2.75) is 32.7 Å². The largest absolute Gasteiger partial charge is 0.329 e. The summed E-state index contributed by atoms with van der Waals surface area (Å²) in [6.07, 6.45) is 2.20.